The van der Waals surface area contributed by atoms with Crippen LogP contribution in [-0.4, -0.2) is 13.2 Å². The minimum absolute atomic E-state index is 0.0140. The molecule has 0 saturated heterocycles. The van der Waals surface area contributed by atoms with Crippen molar-refractivity contribution in [2.75, 3.05) is 13.2 Å². The molecule has 3 aromatic carbocycles. The van der Waals surface area contributed by atoms with E-state index in [0.717, 1.165) is 12.1 Å². The van der Waals surface area contributed by atoms with Gasteiger partial charge in [0.05, 0.1) is 13.2 Å². The van der Waals surface area contributed by atoms with Crippen LogP contribution in [0.5, 0.6) is 11.5 Å². The van der Waals surface area contributed by atoms with Crippen LogP contribution in [0, 0.1) is 34.9 Å². The average molecular weight is 506 g/mol. The molecule has 1 aliphatic carbocycles. The van der Waals surface area contributed by atoms with Gasteiger partial charge < -0.3 is 9.47 Å². The lowest BCUT2D eigenvalue weighted by Crippen LogP contribution is -2.09. The molecule has 0 saturated carbocycles. The molecule has 0 aromatic heterocycles. The van der Waals surface area contributed by atoms with Gasteiger partial charge >= 0.3 is 0 Å². The third-order valence-corrected chi connectivity index (χ3v) is 6.29. The molecule has 0 aliphatic heterocycles. The summed E-state index contributed by atoms with van der Waals surface area (Å²) in [5, 5.41) is 0. The summed E-state index contributed by atoms with van der Waals surface area (Å²) in [6.45, 7) is 3.59. The molecule has 0 N–H and O–H groups in total. The Kier molecular flexibility index (Phi) is 7.62. The Bertz CT molecular complexity index is 1320. The largest absolute Gasteiger partial charge is 0.491 e. The zero-order valence-corrected chi connectivity index (χ0v) is 19.7. The van der Waals surface area contributed by atoms with Crippen LogP contribution in [0.2, 0.25) is 0 Å². The summed E-state index contributed by atoms with van der Waals surface area (Å²) >= 11 is 0. The fourth-order valence-corrected chi connectivity index (χ4v) is 4.50. The van der Waals surface area contributed by atoms with Crippen molar-refractivity contribution in [1.82, 2.24) is 0 Å². The Hall–Kier alpha value is -3.42. The molecule has 0 heterocycles. The lowest BCUT2D eigenvalue weighted by atomic mass is 9.82. The Labute approximate surface area is 205 Å². The zero-order valence-electron chi connectivity index (χ0n) is 19.7. The first-order valence-corrected chi connectivity index (χ1v) is 11.7. The van der Waals surface area contributed by atoms with E-state index in [4.69, 9.17) is 9.47 Å². The van der Waals surface area contributed by atoms with Gasteiger partial charge in [-0.2, -0.15) is 8.78 Å². The summed E-state index contributed by atoms with van der Waals surface area (Å²) in [6, 6.07) is 7.66. The molecular formula is C28H24F6O2. The van der Waals surface area contributed by atoms with Gasteiger partial charge in [0.2, 0.25) is 11.6 Å². The third-order valence-electron chi connectivity index (χ3n) is 6.29. The van der Waals surface area contributed by atoms with Crippen LogP contribution in [0.4, 0.5) is 26.3 Å². The summed E-state index contributed by atoms with van der Waals surface area (Å²) in [7, 11) is 0. The van der Waals surface area contributed by atoms with Crippen molar-refractivity contribution in [2.24, 2.45) is 0 Å². The normalized spacial score (nSPS) is 15.6. The predicted octanol–water partition coefficient (Wildman–Crippen LogP) is 8.34. The summed E-state index contributed by atoms with van der Waals surface area (Å²) < 4.78 is 97.7. The van der Waals surface area contributed by atoms with E-state index in [-0.39, 0.29) is 41.8 Å². The van der Waals surface area contributed by atoms with Crippen molar-refractivity contribution in [2.45, 2.75) is 39.0 Å². The van der Waals surface area contributed by atoms with E-state index in [1.165, 1.54) is 24.3 Å². The number of benzene rings is 3. The molecule has 0 amide bonds. The summed E-state index contributed by atoms with van der Waals surface area (Å²) in [5.74, 6) is -7.96. The van der Waals surface area contributed by atoms with Crippen molar-refractivity contribution >= 4 is 5.57 Å². The smallest absolute Gasteiger partial charge is 0.201 e. The number of ether oxygens (including phenoxy) is 2. The number of rotatable bonds is 7. The Morgan fingerprint density at radius 3 is 1.72 bits per heavy atom. The third kappa shape index (κ3) is 4.68. The number of hydrogen-bond donors (Lipinski definition) is 0. The lowest BCUT2D eigenvalue weighted by molar-refractivity contribution is 0.312. The summed E-state index contributed by atoms with van der Waals surface area (Å²) in [5.41, 5.74) is -0.165. The number of halogens is 6. The van der Waals surface area contributed by atoms with Gasteiger partial charge in [0.25, 0.3) is 0 Å². The van der Waals surface area contributed by atoms with E-state index in [0.29, 0.717) is 24.8 Å². The monoisotopic (exact) mass is 506 g/mol. The van der Waals surface area contributed by atoms with Gasteiger partial charge in [0, 0.05) is 16.7 Å². The van der Waals surface area contributed by atoms with Crippen LogP contribution in [-0.2, 0) is 0 Å². The van der Waals surface area contributed by atoms with Crippen LogP contribution in [0.25, 0.3) is 16.7 Å². The predicted molar refractivity (Wildman–Crippen MR) is 125 cm³/mol. The fraction of sp³-hybridized carbons (Fsp3) is 0.286. The van der Waals surface area contributed by atoms with Crippen LogP contribution >= 0.6 is 0 Å². The molecule has 190 valence electrons. The zero-order chi connectivity index (χ0) is 26.0. The standard InChI is InChI=1S/C28H24F6O2/c1-3-35-21-13-11-18(24(30)27(21)33)16-7-5-15(6-8-16)17-9-10-19(25(31)23(17)29)20-12-14-22(36-4-2)28(34)26(20)32/h5,9-14,16H,3-4,6-8H2,1-2H3. The second kappa shape index (κ2) is 10.7. The molecule has 0 spiro atoms. The second-order valence-electron chi connectivity index (χ2n) is 8.38. The highest BCUT2D eigenvalue weighted by atomic mass is 19.2. The van der Waals surface area contributed by atoms with E-state index in [2.05, 4.69) is 0 Å². The van der Waals surface area contributed by atoms with Crippen LogP contribution in [0.15, 0.2) is 42.5 Å². The van der Waals surface area contributed by atoms with Gasteiger partial charge in [0.15, 0.2) is 34.8 Å². The minimum atomic E-state index is -1.34. The molecule has 4 rings (SSSR count). The first-order chi connectivity index (χ1) is 17.3. The van der Waals surface area contributed by atoms with Crippen LogP contribution in [0.1, 0.15) is 50.2 Å². The molecule has 2 nitrogen and oxygen atoms in total. The molecule has 1 atom stereocenters. The maximum Gasteiger partial charge on any atom is 0.201 e. The van der Waals surface area contributed by atoms with Gasteiger partial charge in [-0.05, 0) is 68.4 Å². The Balaban J connectivity index is 1.60. The first-order valence-electron chi connectivity index (χ1n) is 11.7. The first kappa shape index (κ1) is 25.7. The fourth-order valence-electron chi connectivity index (χ4n) is 4.50. The van der Waals surface area contributed by atoms with Gasteiger partial charge in [-0.3, -0.25) is 0 Å². The van der Waals surface area contributed by atoms with Crippen molar-refractivity contribution in [1.29, 1.82) is 0 Å². The highest BCUT2D eigenvalue weighted by Crippen LogP contribution is 2.41. The van der Waals surface area contributed by atoms with E-state index in [1.54, 1.807) is 19.9 Å². The van der Waals surface area contributed by atoms with Crippen molar-refractivity contribution < 1.29 is 35.8 Å². The highest BCUT2D eigenvalue weighted by molar-refractivity contribution is 5.73. The van der Waals surface area contributed by atoms with Crippen LogP contribution in [0.3, 0.4) is 0 Å². The topological polar surface area (TPSA) is 18.5 Å². The SMILES string of the molecule is CCOc1ccc(-c2ccc(C3=CCC(c4ccc(OCC)c(F)c4F)CC3)c(F)c2F)c(F)c1F. The Morgan fingerprint density at radius 2 is 1.14 bits per heavy atom. The lowest BCUT2D eigenvalue weighted by Gasteiger charge is -2.24. The second-order valence-corrected chi connectivity index (χ2v) is 8.38. The molecule has 3 aromatic rings. The molecule has 1 unspecified atom stereocenters. The maximum absolute atomic E-state index is 15.0. The van der Waals surface area contributed by atoms with Gasteiger partial charge in [-0.25, -0.2) is 17.6 Å². The number of allylic oxidation sites excluding steroid dienone is 2. The van der Waals surface area contributed by atoms with Gasteiger partial charge in [-0.15, -0.1) is 0 Å². The molecule has 0 fully saturated rings. The van der Waals surface area contributed by atoms with Crippen molar-refractivity contribution in [3.63, 3.8) is 0 Å². The molecule has 1 aliphatic rings. The highest BCUT2D eigenvalue weighted by Gasteiger charge is 2.26. The van der Waals surface area contributed by atoms with Gasteiger partial charge in [-0.1, -0.05) is 24.3 Å². The van der Waals surface area contributed by atoms with Crippen molar-refractivity contribution in [3.8, 4) is 22.6 Å². The minimum Gasteiger partial charge on any atom is -0.491 e. The summed E-state index contributed by atoms with van der Waals surface area (Å²) in [6.07, 6.45) is 2.64. The summed E-state index contributed by atoms with van der Waals surface area (Å²) in [4.78, 5) is 0. The van der Waals surface area contributed by atoms with E-state index in [9.17, 15) is 22.0 Å². The molecule has 0 bridgehead atoms. The number of hydrogen-bond acceptors (Lipinski definition) is 2. The molecule has 36 heavy (non-hydrogen) atoms. The van der Waals surface area contributed by atoms with E-state index in [1.807, 2.05) is 0 Å². The quantitative estimate of drug-likeness (QED) is 0.300. The molecule has 0 radical (unpaired) electrons. The van der Waals surface area contributed by atoms with E-state index >= 15 is 4.39 Å². The maximum atomic E-state index is 15.0. The van der Waals surface area contributed by atoms with Crippen molar-refractivity contribution in [3.05, 3.63) is 88.5 Å². The van der Waals surface area contributed by atoms with Gasteiger partial charge in [0.1, 0.15) is 0 Å². The Morgan fingerprint density at radius 1 is 0.639 bits per heavy atom. The average Bonchev–Trinajstić information content (AvgIpc) is 2.88. The molecular weight excluding hydrogens is 482 g/mol. The van der Waals surface area contributed by atoms with Crippen LogP contribution < -0.4 is 9.47 Å². The molecule has 8 heteroatoms. The van der Waals surface area contributed by atoms with E-state index < -0.39 is 46.0 Å².